The second-order valence-corrected chi connectivity index (χ2v) is 7.10. The normalized spacial score (nSPS) is 12.4. The van der Waals surface area contributed by atoms with E-state index in [0.717, 1.165) is 13.2 Å². The van der Waals surface area contributed by atoms with Crippen LogP contribution in [-0.4, -0.2) is 11.6 Å². The highest BCUT2D eigenvalue weighted by molar-refractivity contribution is 7.12. The summed E-state index contributed by atoms with van der Waals surface area (Å²) in [6.45, 7) is 14.6. The van der Waals surface area contributed by atoms with Gasteiger partial charge >= 0.3 is 0 Å². The van der Waals surface area contributed by atoms with Crippen molar-refractivity contribution in [3.63, 3.8) is 0 Å². The second-order valence-electron chi connectivity index (χ2n) is 5.76. The van der Waals surface area contributed by atoms with E-state index < -0.39 is 0 Å². The minimum Gasteiger partial charge on any atom is -0.374 e. The summed E-state index contributed by atoms with van der Waals surface area (Å²) in [5.41, 5.74) is 1.50. The molecule has 0 aromatic carbocycles. The van der Waals surface area contributed by atoms with Crippen LogP contribution in [0.4, 0.5) is 0 Å². The summed E-state index contributed by atoms with van der Waals surface area (Å²) in [6, 6.07) is 2.26. The fourth-order valence-electron chi connectivity index (χ4n) is 1.43. The third-order valence-corrected chi connectivity index (χ3v) is 3.53. The topological polar surface area (TPSA) is 21.3 Å². The molecule has 2 nitrogen and oxygen atoms in total. The predicted molar refractivity (Wildman–Crippen MR) is 75.6 cm³/mol. The van der Waals surface area contributed by atoms with Gasteiger partial charge in [-0.3, -0.25) is 0 Å². The maximum atomic E-state index is 5.65. The molecule has 0 saturated carbocycles. The van der Waals surface area contributed by atoms with Crippen molar-refractivity contribution in [3.05, 3.63) is 21.4 Å². The first-order chi connectivity index (χ1) is 7.78. The summed E-state index contributed by atoms with van der Waals surface area (Å²) in [7, 11) is 0. The third kappa shape index (κ3) is 5.66. The fourth-order valence-corrected chi connectivity index (χ4v) is 2.41. The molecule has 1 rings (SSSR count). The minimum absolute atomic E-state index is 0.173. The summed E-state index contributed by atoms with van der Waals surface area (Å²) in [4.78, 5) is 2.76. The summed E-state index contributed by atoms with van der Waals surface area (Å²) >= 11 is 1.86. The first-order valence-electron chi connectivity index (χ1n) is 6.23. The largest absolute Gasteiger partial charge is 0.374 e. The molecule has 17 heavy (non-hydrogen) atoms. The van der Waals surface area contributed by atoms with Gasteiger partial charge in [-0.2, -0.15) is 0 Å². The molecule has 0 unspecified atom stereocenters. The number of rotatable bonds is 5. The molecule has 1 aromatic heterocycles. The van der Waals surface area contributed by atoms with E-state index in [0.29, 0.717) is 6.10 Å². The monoisotopic (exact) mass is 255 g/mol. The molecule has 0 fully saturated rings. The Hall–Kier alpha value is -0.380. The van der Waals surface area contributed by atoms with Crippen molar-refractivity contribution in [3.8, 4) is 0 Å². The van der Waals surface area contributed by atoms with Crippen LogP contribution in [0.1, 0.15) is 49.9 Å². The van der Waals surface area contributed by atoms with E-state index in [1.807, 2.05) is 11.3 Å². The Bertz CT molecular complexity index is 350. The highest BCUT2D eigenvalue weighted by atomic mass is 32.1. The Morgan fingerprint density at radius 1 is 1.35 bits per heavy atom. The van der Waals surface area contributed by atoms with E-state index in [-0.39, 0.29) is 5.54 Å². The molecule has 1 aromatic rings. The van der Waals surface area contributed by atoms with Crippen LogP contribution < -0.4 is 5.32 Å². The van der Waals surface area contributed by atoms with Gasteiger partial charge in [0.15, 0.2) is 0 Å². The van der Waals surface area contributed by atoms with Gasteiger partial charge in [0.2, 0.25) is 0 Å². The average Bonchev–Trinajstić information content (AvgIpc) is 2.52. The highest BCUT2D eigenvalue weighted by Crippen LogP contribution is 2.23. The van der Waals surface area contributed by atoms with Crippen molar-refractivity contribution in [2.45, 2.75) is 66.3 Å². The van der Waals surface area contributed by atoms with Gasteiger partial charge in [-0.1, -0.05) is 0 Å². The van der Waals surface area contributed by atoms with Crippen molar-refractivity contribution in [1.82, 2.24) is 5.32 Å². The van der Waals surface area contributed by atoms with Crippen molar-refractivity contribution in [2.75, 3.05) is 0 Å². The van der Waals surface area contributed by atoms with Crippen LogP contribution in [-0.2, 0) is 17.9 Å². The molecule has 0 atom stereocenters. The van der Waals surface area contributed by atoms with E-state index >= 15 is 0 Å². The van der Waals surface area contributed by atoms with E-state index in [1.54, 1.807) is 0 Å². The number of hydrogen-bond acceptors (Lipinski definition) is 3. The molecule has 0 amide bonds. The predicted octanol–water partition coefficient (Wildman–Crippen LogP) is 3.87. The quantitative estimate of drug-likeness (QED) is 0.862. The van der Waals surface area contributed by atoms with Gasteiger partial charge < -0.3 is 10.1 Å². The Morgan fingerprint density at radius 2 is 2.00 bits per heavy atom. The molecule has 0 radical (unpaired) electrons. The van der Waals surface area contributed by atoms with Gasteiger partial charge in [-0.25, -0.2) is 0 Å². The third-order valence-electron chi connectivity index (χ3n) is 2.44. The zero-order valence-corrected chi connectivity index (χ0v) is 12.7. The molecule has 0 aliphatic carbocycles. The molecule has 0 saturated heterocycles. The van der Waals surface area contributed by atoms with Crippen LogP contribution in [0.15, 0.2) is 6.07 Å². The van der Waals surface area contributed by atoms with Gasteiger partial charge in [0.05, 0.1) is 12.7 Å². The molecule has 0 bridgehead atoms. The lowest BCUT2D eigenvalue weighted by molar-refractivity contribution is 0.0656. The first-order valence-corrected chi connectivity index (χ1v) is 7.04. The van der Waals surface area contributed by atoms with Crippen molar-refractivity contribution >= 4 is 11.3 Å². The summed E-state index contributed by atoms with van der Waals surface area (Å²) in [5.74, 6) is 0. The maximum absolute atomic E-state index is 5.65. The van der Waals surface area contributed by atoms with Crippen molar-refractivity contribution < 1.29 is 4.74 Å². The van der Waals surface area contributed by atoms with E-state index in [9.17, 15) is 0 Å². The van der Waals surface area contributed by atoms with Crippen LogP contribution in [0.25, 0.3) is 0 Å². The van der Waals surface area contributed by atoms with Gasteiger partial charge in [-0.05, 0) is 53.2 Å². The second kappa shape index (κ2) is 5.98. The Labute approximate surface area is 109 Å². The van der Waals surface area contributed by atoms with Crippen LogP contribution in [0.2, 0.25) is 0 Å². The fraction of sp³-hybridized carbons (Fsp3) is 0.714. The molecule has 0 aliphatic heterocycles. The Balaban J connectivity index is 2.55. The smallest absolute Gasteiger partial charge is 0.0731 e. The minimum atomic E-state index is 0.173. The zero-order chi connectivity index (χ0) is 13.1. The lowest BCUT2D eigenvalue weighted by Crippen LogP contribution is -2.34. The standard InChI is InChI=1S/C14H25NOS/c1-10(2)16-9-12-7-13(17-11(12)3)8-15-14(4,5)6/h7,10,15H,8-9H2,1-6H3. The number of ether oxygens (including phenoxy) is 1. The maximum Gasteiger partial charge on any atom is 0.0731 e. The average molecular weight is 255 g/mol. The van der Waals surface area contributed by atoms with Gasteiger partial charge in [-0.15, -0.1) is 11.3 Å². The SMILES string of the molecule is Cc1sc(CNC(C)(C)C)cc1COC(C)C. The lowest BCUT2D eigenvalue weighted by atomic mass is 10.1. The van der Waals surface area contributed by atoms with Gasteiger partial charge in [0, 0.05) is 21.8 Å². The highest BCUT2D eigenvalue weighted by Gasteiger charge is 2.11. The number of thiophene rings is 1. The molecule has 0 spiro atoms. The van der Waals surface area contributed by atoms with Crippen LogP contribution in [0.5, 0.6) is 0 Å². The number of nitrogens with one attached hydrogen (secondary N) is 1. The molecular weight excluding hydrogens is 230 g/mol. The zero-order valence-electron chi connectivity index (χ0n) is 11.9. The summed E-state index contributed by atoms with van der Waals surface area (Å²) in [5, 5.41) is 3.51. The van der Waals surface area contributed by atoms with Gasteiger partial charge in [0.1, 0.15) is 0 Å². The van der Waals surface area contributed by atoms with E-state index in [2.05, 4.69) is 52.9 Å². The molecule has 3 heteroatoms. The van der Waals surface area contributed by atoms with Crippen molar-refractivity contribution in [1.29, 1.82) is 0 Å². The molecule has 1 N–H and O–H groups in total. The first kappa shape index (κ1) is 14.7. The van der Waals surface area contributed by atoms with E-state index in [1.165, 1.54) is 15.3 Å². The van der Waals surface area contributed by atoms with Crippen LogP contribution in [0, 0.1) is 6.92 Å². The number of aryl methyl sites for hydroxylation is 1. The van der Waals surface area contributed by atoms with Crippen molar-refractivity contribution in [2.24, 2.45) is 0 Å². The summed E-state index contributed by atoms with van der Waals surface area (Å²) in [6.07, 6.45) is 0.297. The lowest BCUT2D eigenvalue weighted by Gasteiger charge is -2.19. The van der Waals surface area contributed by atoms with Crippen LogP contribution in [0.3, 0.4) is 0 Å². The van der Waals surface area contributed by atoms with E-state index in [4.69, 9.17) is 4.74 Å². The van der Waals surface area contributed by atoms with Crippen LogP contribution >= 0.6 is 11.3 Å². The molecule has 0 aliphatic rings. The summed E-state index contributed by atoms with van der Waals surface area (Å²) < 4.78 is 5.65. The molecule has 98 valence electrons. The van der Waals surface area contributed by atoms with Gasteiger partial charge in [0.25, 0.3) is 0 Å². The Morgan fingerprint density at radius 3 is 2.53 bits per heavy atom. The Kier molecular flexibility index (Phi) is 5.17. The number of hydrogen-bond donors (Lipinski definition) is 1. The molecular formula is C14H25NOS. The molecule has 1 heterocycles.